The average Bonchev–Trinajstić information content (AvgIpc) is 2.62. The van der Waals surface area contributed by atoms with E-state index in [2.05, 4.69) is 9.82 Å². The van der Waals surface area contributed by atoms with Gasteiger partial charge in [0.05, 0.1) is 6.20 Å². The zero-order valence-corrected chi connectivity index (χ0v) is 9.96. The summed E-state index contributed by atoms with van der Waals surface area (Å²) in [5.41, 5.74) is -0.600. The van der Waals surface area contributed by atoms with Crippen LogP contribution in [0.15, 0.2) is 6.20 Å². The van der Waals surface area contributed by atoms with E-state index in [9.17, 15) is 9.59 Å². The zero-order valence-electron chi connectivity index (χ0n) is 9.14. The number of nitrogens with two attached hydrogens (primary N) is 1. The van der Waals surface area contributed by atoms with Gasteiger partial charge in [-0.3, -0.25) is 0 Å². The summed E-state index contributed by atoms with van der Waals surface area (Å²) in [6.07, 6.45) is 1.22. The third kappa shape index (κ3) is 3.28. The molecule has 0 unspecified atom stereocenters. The summed E-state index contributed by atoms with van der Waals surface area (Å²) in [5.74, 6) is 3.40. The summed E-state index contributed by atoms with van der Waals surface area (Å²) in [5, 5.41) is 0.0929. The fraction of sp³-hybridized carbons (Fsp3) is 0.444. The summed E-state index contributed by atoms with van der Waals surface area (Å²) in [7, 11) is 0. The van der Waals surface area contributed by atoms with Crippen LogP contribution in [0.2, 0.25) is 0 Å². The molecule has 0 saturated carbocycles. The molecule has 0 aliphatic carbocycles. The summed E-state index contributed by atoms with van der Waals surface area (Å²) < 4.78 is 5.08. The maximum absolute atomic E-state index is 11.5. The smallest absolute Gasteiger partial charge is 0.368 e. The molecule has 16 heavy (non-hydrogen) atoms. The molecule has 0 amide bonds. The number of thiazole rings is 1. The largest absolute Gasteiger partial charge is 0.455 e. The van der Waals surface area contributed by atoms with E-state index in [1.54, 1.807) is 20.8 Å². The number of carbonyl (C=O) groups is 2. The first-order chi connectivity index (χ1) is 7.33. The molecular formula is C9H12N2O4S. The first-order valence-corrected chi connectivity index (χ1v) is 5.25. The van der Waals surface area contributed by atoms with Crippen molar-refractivity contribution >= 4 is 23.3 Å². The minimum absolute atomic E-state index is 0.0929. The lowest BCUT2D eigenvalue weighted by Crippen LogP contribution is -2.23. The fourth-order valence-electron chi connectivity index (χ4n) is 0.843. The lowest BCUT2D eigenvalue weighted by molar-refractivity contribution is 0.00690. The molecule has 0 aliphatic heterocycles. The Morgan fingerprint density at radius 3 is 2.50 bits per heavy atom. The Morgan fingerprint density at radius 1 is 1.38 bits per heavy atom. The predicted octanol–water partition coefficient (Wildman–Crippen LogP) is 1.13. The highest BCUT2D eigenvalue weighted by atomic mass is 32.1. The van der Waals surface area contributed by atoms with E-state index in [1.165, 1.54) is 6.20 Å². The minimum atomic E-state index is -0.729. The number of hydrogen-bond donors (Lipinski definition) is 1. The number of aromatic nitrogens is 1. The van der Waals surface area contributed by atoms with Gasteiger partial charge in [-0.2, -0.15) is 5.90 Å². The van der Waals surface area contributed by atoms with Crippen LogP contribution in [0.1, 0.15) is 40.2 Å². The van der Waals surface area contributed by atoms with Crippen molar-refractivity contribution in [3.05, 3.63) is 16.1 Å². The summed E-state index contributed by atoms with van der Waals surface area (Å²) in [6, 6.07) is 0. The van der Waals surface area contributed by atoms with Gasteiger partial charge in [0.1, 0.15) is 10.5 Å². The molecule has 0 bridgehead atoms. The third-order valence-corrected chi connectivity index (χ3v) is 2.34. The van der Waals surface area contributed by atoms with Crippen LogP contribution in [-0.4, -0.2) is 22.5 Å². The Morgan fingerprint density at radius 2 is 2.00 bits per heavy atom. The SMILES string of the molecule is CC(C)(C)OC(=O)c1ncc(C(=O)ON)s1. The molecule has 1 aromatic rings. The molecule has 0 saturated heterocycles. The second kappa shape index (κ2) is 4.58. The van der Waals surface area contributed by atoms with Gasteiger partial charge < -0.3 is 9.57 Å². The van der Waals surface area contributed by atoms with Crippen molar-refractivity contribution in [3.8, 4) is 0 Å². The lowest BCUT2D eigenvalue weighted by atomic mass is 10.2. The van der Waals surface area contributed by atoms with Gasteiger partial charge in [-0.15, -0.1) is 11.3 Å². The van der Waals surface area contributed by atoms with Crippen molar-refractivity contribution in [2.24, 2.45) is 5.90 Å². The summed E-state index contributed by atoms with van der Waals surface area (Å²) in [4.78, 5) is 30.5. The molecule has 6 nitrogen and oxygen atoms in total. The van der Waals surface area contributed by atoms with Crippen LogP contribution in [0, 0.1) is 0 Å². The van der Waals surface area contributed by atoms with Crippen LogP contribution in [-0.2, 0) is 9.57 Å². The highest BCUT2D eigenvalue weighted by molar-refractivity contribution is 7.15. The highest BCUT2D eigenvalue weighted by Crippen LogP contribution is 2.17. The molecule has 88 valence electrons. The molecule has 2 N–H and O–H groups in total. The van der Waals surface area contributed by atoms with Crippen LogP contribution in [0.25, 0.3) is 0 Å². The van der Waals surface area contributed by atoms with E-state index in [0.29, 0.717) is 0 Å². The van der Waals surface area contributed by atoms with Crippen molar-refractivity contribution < 1.29 is 19.2 Å². The lowest BCUT2D eigenvalue weighted by Gasteiger charge is -2.18. The minimum Gasteiger partial charge on any atom is -0.455 e. The van der Waals surface area contributed by atoms with Gasteiger partial charge in [-0.05, 0) is 20.8 Å². The monoisotopic (exact) mass is 244 g/mol. The van der Waals surface area contributed by atoms with Crippen molar-refractivity contribution in [2.75, 3.05) is 0 Å². The number of hydrogen-bond acceptors (Lipinski definition) is 7. The van der Waals surface area contributed by atoms with E-state index in [-0.39, 0.29) is 9.88 Å². The van der Waals surface area contributed by atoms with E-state index < -0.39 is 17.5 Å². The average molecular weight is 244 g/mol. The van der Waals surface area contributed by atoms with Crippen LogP contribution in [0.4, 0.5) is 0 Å². The van der Waals surface area contributed by atoms with Gasteiger partial charge in [0.25, 0.3) is 0 Å². The molecule has 0 atom stereocenters. The van der Waals surface area contributed by atoms with Crippen LogP contribution >= 0.6 is 11.3 Å². The Kier molecular flexibility index (Phi) is 3.61. The Balaban J connectivity index is 2.78. The third-order valence-electron chi connectivity index (χ3n) is 1.39. The normalized spacial score (nSPS) is 11.0. The van der Waals surface area contributed by atoms with Gasteiger partial charge in [0.2, 0.25) is 5.01 Å². The number of rotatable bonds is 2. The highest BCUT2D eigenvalue weighted by Gasteiger charge is 2.22. The fourth-order valence-corrected chi connectivity index (χ4v) is 1.52. The molecule has 7 heteroatoms. The molecule has 0 fully saturated rings. The van der Waals surface area contributed by atoms with Crippen molar-refractivity contribution in [2.45, 2.75) is 26.4 Å². The maximum Gasteiger partial charge on any atom is 0.368 e. The second-order valence-electron chi connectivity index (χ2n) is 3.94. The Hall–Kier alpha value is -1.47. The molecular weight excluding hydrogens is 232 g/mol. The van der Waals surface area contributed by atoms with Gasteiger partial charge in [0.15, 0.2) is 0 Å². The van der Waals surface area contributed by atoms with E-state index >= 15 is 0 Å². The molecule has 0 aliphatic rings. The summed E-state index contributed by atoms with van der Waals surface area (Å²) >= 11 is 0.874. The van der Waals surface area contributed by atoms with Gasteiger partial charge >= 0.3 is 11.9 Å². The molecule has 1 rings (SSSR count). The van der Waals surface area contributed by atoms with Crippen molar-refractivity contribution in [3.63, 3.8) is 0 Å². The van der Waals surface area contributed by atoms with Gasteiger partial charge in [-0.1, -0.05) is 0 Å². The number of ether oxygens (including phenoxy) is 1. The van der Waals surface area contributed by atoms with Crippen molar-refractivity contribution in [1.82, 2.24) is 4.98 Å². The zero-order chi connectivity index (χ0) is 12.3. The molecule has 1 aromatic heterocycles. The summed E-state index contributed by atoms with van der Waals surface area (Å²) in [6.45, 7) is 5.23. The van der Waals surface area contributed by atoms with E-state index in [0.717, 1.165) is 11.3 Å². The number of carbonyl (C=O) groups excluding carboxylic acids is 2. The molecule has 0 aromatic carbocycles. The first kappa shape index (κ1) is 12.6. The van der Waals surface area contributed by atoms with Crippen LogP contribution < -0.4 is 5.90 Å². The number of esters is 1. The molecule has 0 spiro atoms. The molecule has 1 heterocycles. The standard InChI is InChI=1S/C9H12N2O4S/c1-9(2,3)14-8(13)6-11-4-5(16-6)7(12)15-10/h4H,10H2,1-3H3. The second-order valence-corrected chi connectivity index (χ2v) is 4.97. The molecule has 0 radical (unpaired) electrons. The van der Waals surface area contributed by atoms with Crippen molar-refractivity contribution in [1.29, 1.82) is 0 Å². The Bertz CT molecular complexity index is 408. The van der Waals surface area contributed by atoms with Crippen LogP contribution in [0.3, 0.4) is 0 Å². The van der Waals surface area contributed by atoms with Crippen LogP contribution in [0.5, 0.6) is 0 Å². The van der Waals surface area contributed by atoms with Gasteiger partial charge in [0, 0.05) is 0 Å². The predicted molar refractivity (Wildman–Crippen MR) is 56.9 cm³/mol. The van der Waals surface area contributed by atoms with E-state index in [4.69, 9.17) is 10.6 Å². The van der Waals surface area contributed by atoms with Gasteiger partial charge in [-0.25, -0.2) is 14.6 Å². The maximum atomic E-state index is 11.5. The quantitative estimate of drug-likeness (QED) is 0.619. The number of nitrogens with zero attached hydrogens (tertiary/aromatic N) is 1. The topological polar surface area (TPSA) is 91.5 Å². The van der Waals surface area contributed by atoms with E-state index in [1.807, 2.05) is 0 Å². The first-order valence-electron chi connectivity index (χ1n) is 4.44. The Labute approximate surface area is 96.3 Å².